The molecule has 0 atom stereocenters. The number of hydrogen-bond acceptors (Lipinski definition) is 5. The number of nitrogens with zero attached hydrogens (tertiary/aromatic N) is 1. The summed E-state index contributed by atoms with van der Waals surface area (Å²) in [6.45, 7) is 4.33. The number of carbonyl (C=O) groups excluding carboxylic acids is 2. The standard InChI is InChI=1S/C17H27NO4/c1-4-7-14(8-5-2)16(19)21-11-12-22-17(20)15-9-6-10-18(3)13-15/h6,10,13-14H,4-5,7-9,11-12H2,1-3H3. The zero-order valence-corrected chi connectivity index (χ0v) is 13.8. The molecule has 1 rings (SSSR count). The molecule has 0 aromatic rings. The van der Waals surface area contributed by atoms with E-state index in [4.69, 9.17) is 9.47 Å². The third-order valence-electron chi connectivity index (χ3n) is 3.47. The Balaban J connectivity index is 2.26. The molecule has 22 heavy (non-hydrogen) atoms. The lowest BCUT2D eigenvalue weighted by molar-refractivity contribution is -0.154. The number of rotatable bonds is 9. The first-order valence-electron chi connectivity index (χ1n) is 8.01. The van der Waals surface area contributed by atoms with Crippen LogP contribution in [0.25, 0.3) is 0 Å². The molecule has 0 amide bonds. The molecule has 5 nitrogen and oxygen atoms in total. The Bertz CT molecular complexity index is 422. The molecular formula is C17H27NO4. The highest BCUT2D eigenvalue weighted by Gasteiger charge is 2.18. The van der Waals surface area contributed by atoms with Gasteiger partial charge in [-0.2, -0.15) is 0 Å². The van der Waals surface area contributed by atoms with Crippen molar-refractivity contribution >= 4 is 11.9 Å². The minimum Gasteiger partial charge on any atom is -0.462 e. The van der Waals surface area contributed by atoms with Crippen LogP contribution in [-0.4, -0.2) is 37.1 Å². The second-order valence-electron chi connectivity index (χ2n) is 5.49. The summed E-state index contributed by atoms with van der Waals surface area (Å²) in [6, 6.07) is 0. The number of esters is 2. The smallest absolute Gasteiger partial charge is 0.335 e. The monoisotopic (exact) mass is 309 g/mol. The van der Waals surface area contributed by atoms with Crippen LogP contribution in [0.1, 0.15) is 46.0 Å². The first-order valence-corrected chi connectivity index (χ1v) is 8.01. The van der Waals surface area contributed by atoms with Gasteiger partial charge < -0.3 is 14.4 Å². The van der Waals surface area contributed by atoms with Gasteiger partial charge in [-0.25, -0.2) is 4.79 Å². The highest BCUT2D eigenvalue weighted by molar-refractivity contribution is 5.88. The van der Waals surface area contributed by atoms with Gasteiger partial charge in [0.25, 0.3) is 0 Å². The number of carbonyl (C=O) groups is 2. The van der Waals surface area contributed by atoms with Gasteiger partial charge in [0.15, 0.2) is 0 Å². The van der Waals surface area contributed by atoms with Crippen molar-refractivity contribution in [3.05, 3.63) is 24.0 Å². The normalized spacial score (nSPS) is 14.0. The maximum Gasteiger partial charge on any atom is 0.335 e. The van der Waals surface area contributed by atoms with Crippen molar-refractivity contribution in [2.75, 3.05) is 20.3 Å². The van der Waals surface area contributed by atoms with E-state index in [1.807, 2.05) is 19.3 Å². The molecule has 0 aromatic carbocycles. The van der Waals surface area contributed by atoms with E-state index in [0.717, 1.165) is 25.7 Å². The molecule has 0 aliphatic carbocycles. The van der Waals surface area contributed by atoms with E-state index in [0.29, 0.717) is 12.0 Å². The van der Waals surface area contributed by atoms with Gasteiger partial charge in [-0.3, -0.25) is 4.79 Å². The van der Waals surface area contributed by atoms with E-state index in [2.05, 4.69) is 13.8 Å². The summed E-state index contributed by atoms with van der Waals surface area (Å²) in [4.78, 5) is 25.6. The molecule has 0 fully saturated rings. The maximum atomic E-state index is 11.9. The zero-order valence-electron chi connectivity index (χ0n) is 13.8. The van der Waals surface area contributed by atoms with Gasteiger partial charge in [0.1, 0.15) is 13.2 Å². The highest BCUT2D eigenvalue weighted by Crippen LogP contribution is 2.15. The first kappa shape index (κ1) is 18.3. The molecule has 0 saturated heterocycles. The van der Waals surface area contributed by atoms with Gasteiger partial charge in [0, 0.05) is 19.7 Å². The quantitative estimate of drug-likeness (QED) is 0.484. The van der Waals surface area contributed by atoms with Crippen LogP contribution in [0, 0.1) is 5.92 Å². The van der Waals surface area contributed by atoms with E-state index in [9.17, 15) is 9.59 Å². The molecule has 0 N–H and O–H groups in total. The summed E-state index contributed by atoms with van der Waals surface area (Å²) in [5, 5.41) is 0. The molecule has 124 valence electrons. The van der Waals surface area contributed by atoms with Gasteiger partial charge >= 0.3 is 11.9 Å². The fourth-order valence-corrected chi connectivity index (χ4v) is 2.39. The molecule has 0 radical (unpaired) electrons. The van der Waals surface area contributed by atoms with Gasteiger partial charge in [0.2, 0.25) is 0 Å². The van der Waals surface area contributed by atoms with Crippen LogP contribution < -0.4 is 0 Å². The summed E-state index contributed by atoms with van der Waals surface area (Å²) in [5.41, 5.74) is 0.603. The van der Waals surface area contributed by atoms with Crippen molar-refractivity contribution in [1.29, 1.82) is 0 Å². The van der Waals surface area contributed by atoms with E-state index in [-0.39, 0.29) is 31.1 Å². The molecule has 0 aromatic heterocycles. The third kappa shape index (κ3) is 6.33. The number of allylic oxidation sites excluding steroid dienone is 1. The Hall–Kier alpha value is -1.78. The summed E-state index contributed by atoms with van der Waals surface area (Å²) in [7, 11) is 1.85. The molecule has 0 spiro atoms. The van der Waals surface area contributed by atoms with Gasteiger partial charge in [-0.15, -0.1) is 0 Å². The summed E-state index contributed by atoms with van der Waals surface area (Å²) < 4.78 is 10.3. The fraction of sp³-hybridized carbons (Fsp3) is 0.647. The number of hydrogen-bond donors (Lipinski definition) is 0. The van der Waals surface area contributed by atoms with Crippen molar-refractivity contribution in [3.63, 3.8) is 0 Å². The van der Waals surface area contributed by atoms with Crippen LogP contribution >= 0.6 is 0 Å². The van der Waals surface area contributed by atoms with Crippen molar-refractivity contribution < 1.29 is 19.1 Å². The topological polar surface area (TPSA) is 55.8 Å². The lowest BCUT2D eigenvalue weighted by Gasteiger charge is -2.16. The van der Waals surface area contributed by atoms with Crippen molar-refractivity contribution in [2.45, 2.75) is 46.0 Å². The summed E-state index contributed by atoms with van der Waals surface area (Å²) >= 11 is 0. The van der Waals surface area contributed by atoms with E-state index in [1.165, 1.54) is 0 Å². The van der Waals surface area contributed by atoms with E-state index in [1.54, 1.807) is 11.1 Å². The molecule has 0 unspecified atom stereocenters. The van der Waals surface area contributed by atoms with Crippen LogP contribution in [0.5, 0.6) is 0 Å². The lowest BCUT2D eigenvalue weighted by atomic mass is 9.99. The molecular weight excluding hydrogens is 282 g/mol. The van der Waals surface area contributed by atoms with Crippen LogP contribution in [0.3, 0.4) is 0 Å². The maximum absolute atomic E-state index is 11.9. The summed E-state index contributed by atoms with van der Waals surface area (Å²) in [6.07, 6.45) is 9.71. The Morgan fingerprint density at radius 2 is 1.82 bits per heavy atom. The first-order chi connectivity index (χ1) is 10.6. The largest absolute Gasteiger partial charge is 0.462 e. The Kier molecular flexibility index (Phi) is 8.33. The minimum absolute atomic E-state index is 0.0365. The SMILES string of the molecule is CCCC(CCC)C(=O)OCCOC(=O)C1=CN(C)C=CC1. The Morgan fingerprint density at radius 1 is 1.18 bits per heavy atom. The predicted molar refractivity (Wildman–Crippen MR) is 84.8 cm³/mol. The van der Waals surface area contributed by atoms with E-state index >= 15 is 0 Å². The van der Waals surface area contributed by atoms with Crippen molar-refractivity contribution in [3.8, 4) is 0 Å². The molecule has 5 heteroatoms. The zero-order chi connectivity index (χ0) is 16.4. The molecule has 0 saturated carbocycles. The minimum atomic E-state index is -0.356. The molecule has 1 heterocycles. The average Bonchev–Trinajstić information content (AvgIpc) is 2.51. The Morgan fingerprint density at radius 3 is 2.41 bits per heavy atom. The van der Waals surface area contributed by atoms with Crippen LogP contribution in [-0.2, 0) is 19.1 Å². The highest BCUT2D eigenvalue weighted by atomic mass is 16.6. The van der Waals surface area contributed by atoms with Crippen molar-refractivity contribution in [1.82, 2.24) is 4.90 Å². The van der Waals surface area contributed by atoms with E-state index < -0.39 is 0 Å². The van der Waals surface area contributed by atoms with Crippen LogP contribution in [0.15, 0.2) is 24.0 Å². The van der Waals surface area contributed by atoms with Gasteiger partial charge in [-0.1, -0.05) is 32.8 Å². The van der Waals surface area contributed by atoms with Crippen molar-refractivity contribution in [2.24, 2.45) is 5.92 Å². The van der Waals surface area contributed by atoms with Crippen LogP contribution in [0.2, 0.25) is 0 Å². The Labute approximate surface area is 133 Å². The predicted octanol–water partition coefficient (Wildman–Crippen LogP) is 3.02. The average molecular weight is 309 g/mol. The number of ether oxygens (including phenoxy) is 2. The lowest BCUT2D eigenvalue weighted by Crippen LogP contribution is -2.21. The molecule has 1 aliphatic heterocycles. The van der Waals surface area contributed by atoms with Crippen LogP contribution in [0.4, 0.5) is 0 Å². The third-order valence-corrected chi connectivity index (χ3v) is 3.47. The van der Waals surface area contributed by atoms with Gasteiger partial charge in [-0.05, 0) is 19.0 Å². The fourth-order valence-electron chi connectivity index (χ4n) is 2.39. The second kappa shape index (κ2) is 10.0. The summed E-state index contributed by atoms with van der Waals surface area (Å²) in [5.74, 6) is -0.573. The molecule has 0 bridgehead atoms. The molecule has 1 aliphatic rings. The van der Waals surface area contributed by atoms with Gasteiger partial charge in [0.05, 0.1) is 11.5 Å². The second-order valence-corrected chi connectivity index (χ2v) is 5.49.